The Bertz CT molecular complexity index is 1430. The van der Waals surface area contributed by atoms with E-state index in [0.717, 1.165) is 52.5 Å². The molecule has 0 atom stereocenters. The summed E-state index contributed by atoms with van der Waals surface area (Å²) in [6.45, 7) is 0.560. The van der Waals surface area contributed by atoms with Gasteiger partial charge in [-0.05, 0) is 60.4 Å². The number of nitrogens with one attached hydrogen (secondary N) is 1. The van der Waals surface area contributed by atoms with Gasteiger partial charge in [-0.2, -0.15) is 0 Å². The van der Waals surface area contributed by atoms with Gasteiger partial charge in [-0.15, -0.1) is 0 Å². The van der Waals surface area contributed by atoms with Gasteiger partial charge in [-0.3, -0.25) is 4.79 Å². The SMILES string of the molecule is O=C([O-])CCCCCCNC(=O)c1ccc2c3c(ccc2c1)OC(c1ccccc1)(c1ccccc1)C=C3.[Na+]. The van der Waals surface area contributed by atoms with E-state index in [9.17, 15) is 14.7 Å². The summed E-state index contributed by atoms with van der Waals surface area (Å²) in [5.74, 6) is -0.327. The average Bonchev–Trinajstić information content (AvgIpc) is 2.96. The second kappa shape index (κ2) is 13.1. The Balaban J connectivity index is 0.00000353. The standard InChI is InChI=1S/C33H31NO4.Na/c35-31(36)15-9-1-2-10-22-34-32(37)25-16-18-28-24(23-25)17-19-30-29(28)20-21-33(38-30,26-11-5-3-6-12-26)27-13-7-4-8-14-27;/h3-8,11-14,16-21,23H,1-2,9-10,15,22H2,(H,34,37)(H,35,36);/q;+1/p-1. The van der Waals surface area contributed by atoms with Crippen molar-refractivity contribution in [3.8, 4) is 5.75 Å². The number of carbonyl (C=O) groups is 2. The van der Waals surface area contributed by atoms with Crippen molar-refractivity contribution in [1.29, 1.82) is 0 Å². The average molecular weight is 528 g/mol. The molecule has 192 valence electrons. The first-order valence-corrected chi connectivity index (χ1v) is 13.1. The van der Waals surface area contributed by atoms with Crippen molar-refractivity contribution in [3.63, 3.8) is 0 Å². The molecule has 1 N–H and O–H groups in total. The molecule has 6 heteroatoms. The van der Waals surface area contributed by atoms with Gasteiger partial charge in [-0.25, -0.2) is 0 Å². The molecule has 0 aliphatic carbocycles. The number of carboxylic acids is 1. The summed E-state index contributed by atoms with van der Waals surface area (Å²) in [7, 11) is 0. The zero-order valence-corrected chi connectivity index (χ0v) is 24.2. The number of amides is 1. The van der Waals surface area contributed by atoms with E-state index in [-0.39, 0.29) is 41.9 Å². The minimum absolute atomic E-state index is 0. The Morgan fingerprint density at radius 1 is 0.795 bits per heavy atom. The molecular weight excluding hydrogens is 497 g/mol. The fraction of sp³-hybridized carbons (Fsp3) is 0.212. The van der Waals surface area contributed by atoms with Crippen molar-refractivity contribution < 1.29 is 49.0 Å². The summed E-state index contributed by atoms with van der Waals surface area (Å²) in [5.41, 5.74) is 2.98. The zero-order valence-electron chi connectivity index (χ0n) is 22.2. The van der Waals surface area contributed by atoms with E-state index in [1.54, 1.807) is 0 Å². The Hall–Kier alpha value is -3.38. The van der Waals surface area contributed by atoms with Crippen LogP contribution in [0.15, 0.2) is 97.1 Å². The van der Waals surface area contributed by atoms with E-state index < -0.39 is 11.6 Å². The molecule has 0 radical (unpaired) electrons. The molecular formula is C33H30NNaO4. The maximum absolute atomic E-state index is 12.7. The molecule has 1 heterocycles. The number of benzene rings is 4. The normalized spacial score (nSPS) is 13.1. The summed E-state index contributed by atoms with van der Waals surface area (Å²) in [5, 5.41) is 15.4. The van der Waals surface area contributed by atoms with E-state index in [0.29, 0.717) is 18.5 Å². The van der Waals surface area contributed by atoms with Crippen molar-refractivity contribution in [2.24, 2.45) is 0 Å². The summed E-state index contributed by atoms with van der Waals surface area (Å²) < 4.78 is 6.78. The number of hydrogen-bond acceptors (Lipinski definition) is 4. The number of unbranched alkanes of at least 4 members (excludes halogenated alkanes) is 3. The molecule has 0 bridgehead atoms. The molecule has 5 rings (SSSR count). The Morgan fingerprint density at radius 2 is 1.46 bits per heavy atom. The maximum Gasteiger partial charge on any atom is 1.00 e. The van der Waals surface area contributed by atoms with Gasteiger partial charge in [-0.1, -0.05) is 85.6 Å². The van der Waals surface area contributed by atoms with Crippen LogP contribution >= 0.6 is 0 Å². The van der Waals surface area contributed by atoms with Gasteiger partial charge < -0.3 is 20.0 Å². The number of ether oxygens (including phenoxy) is 1. The number of hydrogen-bond donors (Lipinski definition) is 1. The van der Waals surface area contributed by atoms with Crippen LogP contribution in [0, 0.1) is 0 Å². The fourth-order valence-electron chi connectivity index (χ4n) is 5.04. The van der Waals surface area contributed by atoms with Crippen molar-refractivity contribution in [2.75, 3.05) is 6.54 Å². The van der Waals surface area contributed by atoms with Crippen molar-refractivity contribution in [3.05, 3.63) is 119 Å². The molecule has 0 aromatic heterocycles. The second-order valence-electron chi connectivity index (χ2n) is 9.61. The first kappa shape index (κ1) is 28.6. The predicted octanol–water partition coefficient (Wildman–Crippen LogP) is 2.62. The van der Waals surface area contributed by atoms with Gasteiger partial charge in [0, 0.05) is 34.8 Å². The second-order valence-corrected chi connectivity index (χ2v) is 9.61. The van der Waals surface area contributed by atoms with Crippen LogP contribution in [-0.4, -0.2) is 18.4 Å². The van der Waals surface area contributed by atoms with E-state index >= 15 is 0 Å². The molecule has 5 nitrogen and oxygen atoms in total. The smallest absolute Gasteiger partial charge is 0.550 e. The number of carbonyl (C=O) groups excluding carboxylic acids is 2. The number of rotatable bonds is 10. The van der Waals surface area contributed by atoms with Crippen molar-refractivity contribution >= 4 is 28.7 Å². The van der Waals surface area contributed by atoms with Crippen LogP contribution in [-0.2, 0) is 10.4 Å². The molecule has 0 fully saturated rings. The van der Waals surface area contributed by atoms with E-state index in [4.69, 9.17) is 4.74 Å². The Labute approximate surface area is 251 Å². The first-order chi connectivity index (χ1) is 18.6. The van der Waals surface area contributed by atoms with E-state index in [1.165, 1.54) is 0 Å². The van der Waals surface area contributed by atoms with E-state index in [2.05, 4.69) is 41.7 Å². The zero-order chi connectivity index (χ0) is 26.4. The summed E-state index contributed by atoms with van der Waals surface area (Å²) in [4.78, 5) is 23.2. The van der Waals surface area contributed by atoms with Crippen LogP contribution in [0.25, 0.3) is 16.8 Å². The van der Waals surface area contributed by atoms with Gasteiger partial charge in [0.2, 0.25) is 0 Å². The monoisotopic (exact) mass is 527 g/mol. The molecule has 0 saturated carbocycles. The molecule has 4 aromatic carbocycles. The summed E-state index contributed by atoms with van der Waals surface area (Å²) >= 11 is 0. The minimum Gasteiger partial charge on any atom is -0.550 e. The van der Waals surface area contributed by atoms with Gasteiger partial charge in [0.1, 0.15) is 5.75 Å². The van der Waals surface area contributed by atoms with Crippen LogP contribution in [0.5, 0.6) is 5.75 Å². The van der Waals surface area contributed by atoms with Crippen LogP contribution in [0.3, 0.4) is 0 Å². The van der Waals surface area contributed by atoms with Gasteiger partial charge >= 0.3 is 29.6 Å². The van der Waals surface area contributed by atoms with Crippen molar-refractivity contribution in [1.82, 2.24) is 5.32 Å². The predicted molar refractivity (Wildman–Crippen MR) is 148 cm³/mol. The molecule has 4 aromatic rings. The van der Waals surface area contributed by atoms with Crippen LogP contribution in [0.4, 0.5) is 0 Å². The molecule has 1 aliphatic heterocycles. The van der Waals surface area contributed by atoms with Gasteiger partial charge in [0.15, 0.2) is 5.60 Å². The first-order valence-electron chi connectivity index (χ1n) is 13.1. The van der Waals surface area contributed by atoms with Gasteiger partial charge in [0.25, 0.3) is 5.91 Å². The maximum atomic E-state index is 12.7. The quantitative estimate of drug-likeness (QED) is 0.254. The van der Waals surface area contributed by atoms with Crippen LogP contribution in [0.1, 0.15) is 59.2 Å². The molecule has 1 aliphatic rings. The third kappa shape index (κ3) is 6.44. The van der Waals surface area contributed by atoms with E-state index in [1.807, 2.05) is 66.7 Å². The number of fused-ring (bicyclic) bond motifs is 3. The molecule has 39 heavy (non-hydrogen) atoms. The fourth-order valence-corrected chi connectivity index (χ4v) is 5.04. The molecule has 0 unspecified atom stereocenters. The third-order valence-corrected chi connectivity index (χ3v) is 7.04. The Morgan fingerprint density at radius 3 is 2.13 bits per heavy atom. The Kier molecular flexibility index (Phi) is 9.63. The largest absolute Gasteiger partial charge is 1.00 e. The van der Waals surface area contributed by atoms with Crippen LogP contribution < -0.4 is 44.7 Å². The van der Waals surface area contributed by atoms with Gasteiger partial charge in [0.05, 0.1) is 0 Å². The molecule has 1 amide bonds. The third-order valence-electron chi connectivity index (χ3n) is 7.04. The van der Waals surface area contributed by atoms with Crippen LogP contribution in [0.2, 0.25) is 0 Å². The van der Waals surface area contributed by atoms with Crippen molar-refractivity contribution in [2.45, 2.75) is 37.7 Å². The minimum atomic E-state index is -1.01. The summed E-state index contributed by atoms with van der Waals surface area (Å²) in [6.07, 6.45) is 7.45. The molecule has 0 saturated heterocycles. The summed E-state index contributed by atoms with van der Waals surface area (Å²) in [6, 6.07) is 30.2. The molecule has 0 spiro atoms. The number of aliphatic carboxylic acids is 1. The number of carboxylic acid groups (broad SMARTS) is 1. The topological polar surface area (TPSA) is 78.5 Å².